The molecule has 0 saturated carbocycles. The summed E-state index contributed by atoms with van der Waals surface area (Å²) in [6.45, 7) is 6.80. The van der Waals surface area contributed by atoms with Crippen LogP contribution in [0.1, 0.15) is 30.5 Å². The van der Waals surface area contributed by atoms with Crippen LogP contribution >= 0.6 is 0 Å². The van der Waals surface area contributed by atoms with Gasteiger partial charge in [0.2, 0.25) is 0 Å². The van der Waals surface area contributed by atoms with Crippen molar-refractivity contribution in [3.63, 3.8) is 0 Å². The van der Waals surface area contributed by atoms with E-state index in [4.69, 9.17) is 0 Å². The minimum absolute atomic E-state index is 0.579. The summed E-state index contributed by atoms with van der Waals surface area (Å²) in [6.07, 6.45) is 4.39. The van der Waals surface area contributed by atoms with Crippen molar-refractivity contribution in [3.8, 4) is 0 Å². The second kappa shape index (κ2) is 4.94. The first-order valence-electron chi connectivity index (χ1n) is 6.32. The first-order valence-corrected chi connectivity index (χ1v) is 6.32. The summed E-state index contributed by atoms with van der Waals surface area (Å²) in [5.41, 5.74) is 2.35. The smallest absolute Gasteiger partial charge is 0.0909 e. The van der Waals surface area contributed by atoms with Gasteiger partial charge in [0.25, 0.3) is 0 Å². The lowest BCUT2D eigenvalue weighted by atomic mass is 9.90. The van der Waals surface area contributed by atoms with Crippen molar-refractivity contribution in [1.82, 2.24) is 9.78 Å². The standard InChI is InChI=1S/C15H20N2O/c1-4-17-11-13(10-16-17)9-15(3,18)14-7-5-12(2)6-8-14/h5-8,10-11,18H,4,9H2,1-3H3. The Balaban J connectivity index is 2.18. The van der Waals surface area contributed by atoms with Gasteiger partial charge in [-0.1, -0.05) is 29.8 Å². The summed E-state index contributed by atoms with van der Waals surface area (Å²) in [7, 11) is 0. The van der Waals surface area contributed by atoms with E-state index in [2.05, 4.69) is 12.0 Å². The number of rotatable bonds is 4. The molecule has 1 aromatic carbocycles. The van der Waals surface area contributed by atoms with Gasteiger partial charge in [-0.2, -0.15) is 5.10 Å². The summed E-state index contributed by atoms with van der Waals surface area (Å²) in [6, 6.07) is 8.03. The molecule has 1 N–H and O–H groups in total. The average Bonchev–Trinajstić information content (AvgIpc) is 2.76. The molecule has 1 heterocycles. The molecule has 0 aliphatic rings. The van der Waals surface area contributed by atoms with Gasteiger partial charge in [-0.25, -0.2) is 0 Å². The predicted molar refractivity (Wildman–Crippen MR) is 72.4 cm³/mol. The number of nitrogens with zero attached hydrogens (tertiary/aromatic N) is 2. The molecule has 1 unspecified atom stereocenters. The van der Waals surface area contributed by atoms with E-state index < -0.39 is 5.60 Å². The highest BCUT2D eigenvalue weighted by molar-refractivity contribution is 5.27. The number of aryl methyl sites for hydroxylation is 2. The molecule has 2 aromatic rings. The van der Waals surface area contributed by atoms with Crippen LogP contribution in [0.15, 0.2) is 36.7 Å². The van der Waals surface area contributed by atoms with Gasteiger partial charge in [-0.05, 0) is 31.9 Å². The average molecular weight is 244 g/mol. The van der Waals surface area contributed by atoms with Gasteiger partial charge in [0.1, 0.15) is 0 Å². The van der Waals surface area contributed by atoms with E-state index >= 15 is 0 Å². The molecule has 1 atom stereocenters. The summed E-state index contributed by atoms with van der Waals surface area (Å²) >= 11 is 0. The van der Waals surface area contributed by atoms with Crippen LogP contribution in [0.3, 0.4) is 0 Å². The molecule has 0 radical (unpaired) electrons. The van der Waals surface area contributed by atoms with Crippen molar-refractivity contribution in [2.24, 2.45) is 0 Å². The first-order chi connectivity index (χ1) is 8.51. The third-order valence-electron chi connectivity index (χ3n) is 3.23. The zero-order chi connectivity index (χ0) is 13.2. The number of benzene rings is 1. The number of hydrogen-bond donors (Lipinski definition) is 1. The van der Waals surface area contributed by atoms with E-state index in [-0.39, 0.29) is 0 Å². The van der Waals surface area contributed by atoms with E-state index in [9.17, 15) is 5.11 Å². The molecule has 3 heteroatoms. The Morgan fingerprint density at radius 2 is 1.94 bits per heavy atom. The Labute approximate surface area is 108 Å². The second-order valence-corrected chi connectivity index (χ2v) is 5.02. The van der Waals surface area contributed by atoms with Gasteiger partial charge in [0.05, 0.1) is 11.8 Å². The maximum absolute atomic E-state index is 10.6. The molecule has 96 valence electrons. The normalized spacial score (nSPS) is 14.4. The van der Waals surface area contributed by atoms with Crippen molar-refractivity contribution in [1.29, 1.82) is 0 Å². The highest BCUT2D eigenvalue weighted by Crippen LogP contribution is 2.25. The van der Waals surface area contributed by atoms with E-state index in [1.807, 2.05) is 55.2 Å². The molecular weight excluding hydrogens is 224 g/mol. The molecule has 18 heavy (non-hydrogen) atoms. The van der Waals surface area contributed by atoms with Gasteiger partial charge in [0.15, 0.2) is 0 Å². The fourth-order valence-electron chi connectivity index (χ4n) is 2.08. The molecule has 0 fully saturated rings. The third-order valence-corrected chi connectivity index (χ3v) is 3.23. The van der Waals surface area contributed by atoms with Crippen molar-refractivity contribution in [3.05, 3.63) is 53.3 Å². The van der Waals surface area contributed by atoms with Crippen LogP contribution in [0.2, 0.25) is 0 Å². The van der Waals surface area contributed by atoms with Crippen LogP contribution < -0.4 is 0 Å². The number of hydrogen-bond acceptors (Lipinski definition) is 2. The van der Waals surface area contributed by atoms with E-state index in [1.54, 1.807) is 0 Å². The molecule has 1 aromatic heterocycles. The van der Waals surface area contributed by atoms with Gasteiger partial charge < -0.3 is 5.11 Å². The molecule has 0 bridgehead atoms. The van der Waals surface area contributed by atoms with E-state index in [0.717, 1.165) is 17.7 Å². The summed E-state index contributed by atoms with van der Waals surface area (Å²) in [5.74, 6) is 0. The quantitative estimate of drug-likeness (QED) is 0.898. The zero-order valence-electron chi connectivity index (χ0n) is 11.2. The molecule has 3 nitrogen and oxygen atoms in total. The van der Waals surface area contributed by atoms with Crippen LogP contribution in [-0.2, 0) is 18.6 Å². The second-order valence-electron chi connectivity index (χ2n) is 5.02. The Morgan fingerprint density at radius 1 is 1.28 bits per heavy atom. The lowest BCUT2D eigenvalue weighted by Gasteiger charge is -2.23. The lowest BCUT2D eigenvalue weighted by molar-refractivity contribution is 0.0576. The molecule has 0 saturated heterocycles. The van der Waals surface area contributed by atoms with E-state index in [0.29, 0.717) is 6.42 Å². The van der Waals surface area contributed by atoms with Gasteiger partial charge in [-0.3, -0.25) is 4.68 Å². The minimum Gasteiger partial charge on any atom is -0.385 e. The first kappa shape index (κ1) is 12.8. The van der Waals surface area contributed by atoms with Gasteiger partial charge in [-0.15, -0.1) is 0 Å². The number of aliphatic hydroxyl groups is 1. The fourth-order valence-corrected chi connectivity index (χ4v) is 2.08. The lowest BCUT2D eigenvalue weighted by Crippen LogP contribution is -2.24. The Kier molecular flexibility index (Phi) is 3.53. The molecule has 0 spiro atoms. The summed E-state index contributed by atoms with van der Waals surface area (Å²) < 4.78 is 1.88. The van der Waals surface area contributed by atoms with Crippen molar-refractivity contribution in [2.45, 2.75) is 39.3 Å². The Hall–Kier alpha value is -1.61. The largest absolute Gasteiger partial charge is 0.385 e. The third kappa shape index (κ3) is 2.79. The summed E-state index contributed by atoms with van der Waals surface area (Å²) in [4.78, 5) is 0. The minimum atomic E-state index is -0.852. The van der Waals surface area contributed by atoms with E-state index in [1.165, 1.54) is 5.56 Å². The van der Waals surface area contributed by atoms with Gasteiger partial charge in [0, 0.05) is 19.2 Å². The van der Waals surface area contributed by atoms with Crippen molar-refractivity contribution >= 4 is 0 Å². The number of aromatic nitrogens is 2. The topological polar surface area (TPSA) is 38.0 Å². The maximum Gasteiger partial charge on any atom is 0.0909 e. The monoisotopic (exact) mass is 244 g/mol. The maximum atomic E-state index is 10.6. The predicted octanol–water partition coefficient (Wildman–Crippen LogP) is 2.66. The molecule has 0 aliphatic heterocycles. The highest BCUT2D eigenvalue weighted by Gasteiger charge is 2.23. The molecule has 2 rings (SSSR count). The Bertz CT molecular complexity index is 512. The SMILES string of the molecule is CCn1cc(CC(C)(O)c2ccc(C)cc2)cn1. The van der Waals surface area contributed by atoms with Crippen molar-refractivity contribution in [2.75, 3.05) is 0 Å². The molecule has 0 amide bonds. The van der Waals surface area contributed by atoms with Crippen LogP contribution in [0.5, 0.6) is 0 Å². The van der Waals surface area contributed by atoms with Crippen molar-refractivity contribution < 1.29 is 5.11 Å². The van der Waals surface area contributed by atoms with Gasteiger partial charge >= 0.3 is 0 Å². The fraction of sp³-hybridized carbons (Fsp3) is 0.400. The highest BCUT2D eigenvalue weighted by atomic mass is 16.3. The summed E-state index contributed by atoms with van der Waals surface area (Å²) in [5, 5.41) is 14.8. The Morgan fingerprint density at radius 3 is 2.50 bits per heavy atom. The van der Waals surface area contributed by atoms with Crippen LogP contribution in [-0.4, -0.2) is 14.9 Å². The molecule has 0 aliphatic carbocycles. The zero-order valence-corrected chi connectivity index (χ0v) is 11.2. The van der Waals surface area contributed by atoms with Crippen LogP contribution in [0.4, 0.5) is 0 Å². The molecular formula is C15H20N2O. The van der Waals surface area contributed by atoms with Crippen LogP contribution in [0.25, 0.3) is 0 Å². The van der Waals surface area contributed by atoms with Crippen LogP contribution in [0, 0.1) is 6.92 Å².